The minimum absolute atomic E-state index is 1.18. The van der Waals surface area contributed by atoms with Crippen LogP contribution in [0.5, 0.6) is 0 Å². The van der Waals surface area contributed by atoms with Crippen molar-refractivity contribution >= 4 is 17.9 Å². The van der Waals surface area contributed by atoms with E-state index in [0.29, 0.717) is 0 Å². The first-order valence-corrected chi connectivity index (χ1v) is 12.0. The Morgan fingerprint density at radius 3 is 1.61 bits per heavy atom. The van der Waals surface area contributed by atoms with Gasteiger partial charge in [-0.1, -0.05) is 77.2 Å². The third-order valence-electron chi connectivity index (χ3n) is 5.33. The van der Waals surface area contributed by atoms with E-state index in [1.165, 1.54) is 83.6 Å². The van der Waals surface area contributed by atoms with E-state index >= 15 is 0 Å². The van der Waals surface area contributed by atoms with Crippen molar-refractivity contribution < 1.29 is 39.4 Å². The number of aromatic nitrogens is 1. The van der Waals surface area contributed by atoms with Crippen molar-refractivity contribution in [3.63, 3.8) is 0 Å². The number of carbonyl (C=O) groups excluding carboxylic acids is 1. The average Bonchev–Trinajstić information content (AvgIpc) is 2.74. The fraction of sp³-hybridized carbons (Fsp3) is 0.680. The number of aliphatic carboxylic acids is 3. The van der Waals surface area contributed by atoms with Gasteiger partial charge in [0.25, 0.3) is 0 Å². The van der Waals surface area contributed by atoms with Gasteiger partial charge in [-0.3, -0.25) is 4.79 Å². The molecule has 0 aromatic carbocycles. The lowest BCUT2D eigenvalue weighted by molar-refractivity contribution is -0.697. The first-order chi connectivity index (χ1) is 15.7. The molecule has 8 nitrogen and oxygen atoms in total. The summed E-state index contributed by atoms with van der Waals surface area (Å²) in [6.07, 6.45) is 19.0. The molecule has 1 aromatic heterocycles. The third-order valence-corrected chi connectivity index (χ3v) is 5.33. The van der Waals surface area contributed by atoms with Crippen LogP contribution < -0.4 is 9.67 Å². The maximum atomic E-state index is 10.3. The molecule has 0 saturated carbocycles. The molecule has 0 aliphatic rings. The molecule has 1 heterocycles. The van der Waals surface area contributed by atoms with Crippen LogP contribution in [0.3, 0.4) is 0 Å². The summed E-state index contributed by atoms with van der Waals surface area (Å²) in [5, 5.41) is 35.5. The third kappa shape index (κ3) is 17.7. The Morgan fingerprint density at radius 1 is 0.758 bits per heavy atom. The summed E-state index contributed by atoms with van der Waals surface area (Å²) in [6.45, 7) is 3.47. The lowest BCUT2D eigenvalue weighted by Gasteiger charge is -2.21. The Balaban J connectivity index is 0.000000684. The molecule has 0 amide bonds. The Bertz CT molecular complexity index is 648. The predicted molar refractivity (Wildman–Crippen MR) is 122 cm³/mol. The fourth-order valence-electron chi connectivity index (χ4n) is 3.42. The summed E-state index contributed by atoms with van der Waals surface area (Å²) < 4.78 is 2.29. The predicted octanol–water partition coefficient (Wildman–Crippen LogP) is 3.09. The van der Waals surface area contributed by atoms with Crippen molar-refractivity contribution in [1.29, 1.82) is 0 Å². The van der Waals surface area contributed by atoms with Gasteiger partial charge in [0.2, 0.25) is 0 Å². The van der Waals surface area contributed by atoms with E-state index in [1.807, 2.05) is 0 Å². The standard InChI is InChI=1S/C19H34N.C6H8O7/c1-2-3-4-5-6-7-8-9-10-11-12-14-17-20-18-15-13-16-19-20;7-3(8)1-6(13,5(11)12)2-4(9)10/h13,15-16,18-19H,2-12,14,17H2,1H3;13H,1-2H2,(H,7,8)(H,9,10)(H,11,12)/q+1;/p-1. The van der Waals surface area contributed by atoms with Crippen LogP contribution in [0.4, 0.5) is 0 Å². The average molecular weight is 468 g/mol. The molecule has 33 heavy (non-hydrogen) atoms. The minimum Gasteiger partial charge on any atom is -0.550 e. The van der Waals surface area contributed by atoms with Crippen LogP contribution in [0.2, 0.25) is 0 Å². The van der Waals surface area contributed by atoms with E-state index in [9.17, 15) is 19.5 Å². The lowest BCUT2D eigenvalue weighted by Crippen LogP contribution is -2.45. The first kappa shape index (κ1) is 30.5. The van der Waals surface area contributed by atoms with Gasteiger partial charge in [-0.05, 0) is 6.42 Å². The van der Waals surface area contributed by atoms with Gasteiger partial charge in [0, 0.05) is 30.9 Å². The first-order valence-electron chi connectivity index (χ1n) is 12.0. The quantitative estimate of drug-likeness (QED) is 0.223. The second kappa shape index (κ2) is 19.0. The van der Waals surface area contributed by atoms with Crippen LogP contribution in [-0.4, -0.2) is 38.8 Å². The molecule has 0 aliphatic carbocycles. The highest BCUT2D eigenvalue weighted by atomic mass is 16.4. The van der Waals surface area contributed by atoms with Gasteiger partial charge in [-0.15, -0.1) is 0 Å². The largest absolute Gasteiger partial charge is 0.550 e. The Kier molecular flexibility index (Phi) is 17.6. The minimum atomic E-state index is -2.80. The van der Waals surface area contributed by atoms with Crippen LogP contribution >= 0.6 is 0 Å². The van der Waals surface area contributed by atoms with Crippen LogP contribution in [0.15, 0.2) is 30.6 Å². The zero-order valence-corrected chi connectivity index (χ0v) is 19.9. The van der Waals surface area contributed by atoms with Gasteiger partial charge in [0.1, 0.15) is 6.54 Å². The van der Waals surface area contributed by atoms with E-state index in [2.05, 4.69) is 42.1 Å². The van der Waals surface area contributed by atoms with Crippen molar-refractivity contribution in [2.75, 3.05) is 0 Å². The number of rotatable bonds is 18. The number of unbranched alkanes of at least 4 members (excludes halogenated alkanes) is 11. The monoisotopic (exact) mass is 467 g/mol. The van der Waals surface area contributed by atoms with Crippen molar-refractivity contribution in [2.24, 2.45) is 0 Å². The number of hydrogen-bond donors (Lipinski definition) is 3. The number of carboxylic acid groups (broad SMARTS) is 3. The Morgan fingerprint density at radius 2 is 1.21 bits per heavy atom. The number of carboxylic acids is 3. The molecule has 1 rings (SSSR count). The molecule has 188 valence electrons. The molecule has 1 atom stereocenters. The van der Waals surface area contributed by atoms with E-state index in [0.717, 1.165) is 0 Å². The van der Waals surface area contributed by atoms with Crippen molar-refractivity contribution in [3.8, 4) is 0 Å². The van der Waals surface area contributed by atoms with Gasteiger partial charge in [-0.25, -0.2) is 9.36 Å². The SMILES string of the molecule is CCCCCCCCCCCCCC[n+]1ccccc1.O=C([O-])CC(O)(CC(=O)O)C(=O)O. The maximum absolute atomic E-state index is 10.3. The number of pyridine rings is 1. The molecular weight excluding hydrogens is 426 g/mol. The van der Waals surface area contributed by atoms with Crippen LogP contribution in [-0.2, 0) is 20.9 Å². The molecule has 8 heteroatoms. The van der Waals surface area contributed by atoms with Crippen molar-refractivity contribution in [3.05, 3.63) is 30.6 Å². The zero-order valence-electron chi connectivity index (χ0n) is 19.9. The maximum Gasteiger partial charge on any atom is 0.336 e. The lowest BCUT2D eigenvalue weighted by atomic mass is 9.96. The van der Waals surface area contributed by atoms with Gasteiger partial charge in [-0.2, -0.15) is 0 Å². The highest BCUT2D eigenvalue weighted by Gasteiger charge is 2.38. The van der Waals surface area contributed by atoms with E-state index in [1.54, 1.807) is 0 Å². The summed E-state index contributed by atoms with van der Waals surface area (Å²) in [5.41, 5.74) is -2.80. The topological polar surface area (TPSA) is 139 Å². The molecule has 0 aliphatic heterocycles. The Hall–Kier alpha value is -2.48. The molecule has 1 unspecified atom stereocenters. The van der Waals surface area contributed by atoms with Crippen molar-refractivity contribution in [1.82, 2.24) is 0 Å². The number of carbonyl (C=O) groups is 3. The number of hydrogen-bond acceptors (Lipinski definition) is 5. The molecule has 3 N–H and O–H groups in total. The second-order valence-corrected chi connectivity index (χ2v) is 8.46. The summed E-state index contributed by atoms with van der Waals surface area (Å²) in [7, 11) is 0. The number of nitrogens with zero attached hydrogens (tertiary/aromatic N) is 1. The molecular formula is C25H41NO7. The van der Waals surface area contributed by atoms with Gasteiger partial charge in [0.05, 0.1) is 6.42 Å². The molecule has 0 spiro atoms. The van der Waals surface area contributed by atoms with E-state index < -0.39 is 36.4 Å². The Labute approximate surface area is 197 Å². The summed E-state index contributed by atoms with van der Waals surface area (Å²) in [6, 6.07) is 6.31. The van der Waals surface area contributed by atoms with Crippen molar-refractivity contribution in [2.45, 2.75) is 109 Å². The van der Waals surface area contributed by atoms with Gasteiger partial charge in [0.15, 0.2) is 18.0 Å². The van der Waals surface area contributed by atoms with Gasteiger partial charge < -0.3 is 25.2 Å². The number of aliphatic hydroxyl groups is 1. The molecule has 1 aromatic rings. The second-order valence-electron chi connectivity index (χ2n) is 8.46. The molecule has 0 bridgehead atoms. The summed E-state index contributed by atoms with van der Waals surface area (Å²) in [4.78, 5) is 30.3. The zero-order chi connectivity index (χ0) is 25.0. The molecule has 0 radical (unpaired) electrons. The van der Waals surface area contributed by atoms with E-state index in [4.69, 9.17) is 15.3 Å². The van der Waals surface area contributed by atoms with Crippen LogP contribution in [0.1, 0.15) is 96.8 Å². The highest BCUT2D eigenvalue weighted by molar-refractivity contribution is 5.87. The highest BCUT2D eigenvalue weighted by Crippen LogP contribution is 2.15. The van der Waals surface area contributed by atoms with Crippen LogP contribution in [0, 0.1) is 0 Å². The van der Waals surface area contributed by atoms with E-state index in [-0.39, 0.29) is 0 Å². The summed E-state index contributed by atoms with van der Waals surface area (Å²) >= 11 is 0. The number of aryl methyl sites for hydroxylation is 1. The molecule has 0 saturated heterocycles. The molecule has 0 fully saturated rings. The van der Waals surface area contributed by atoms with Crippen LogP contribution in [0.25, 0.3) is 0 Å². The van der Waals surface area contributed by atoms with Gasteiger partial charge >= 0.3 is 11.9 Å². The fourth-order valence-corrected chi connectivity index (χ4v) is 3.42. The normalized spacial score (nSPS) is 12.3. The summed E-state index contributed by atoms with van der Waals surface area (Å²) in [5.74, 6) is -5.34. The smallest absolute Gasteiger partial charge is 0.336 e.